The molecule has 0 aliphatic rings. The van der Waals surface area contributed by atoms with Crippen LogP contribution in [0, 0.1) is 0 Å². The molecule has 1 aromatic carbocycles. The zero-order chi connectivity index (χ0) is 11.3. The third-order valence-electron chi connectivity index (χ3n) is 1.70. The van der Waals surface area contributed by atoms with Crippen molar-refractivity contribution in [3.63, 3.8) is 0 Å². The summed E-state index contributed by atoms with van der Waals surface area (Å²) in [5.41, 5.74) is 0. The Balaban J connectivity index is 0. The first-order chi connectivity index (χ1) is 7.04. The molecule has 0 radical (unpaired) electrons. The van der Waals surface area contributed by atoms with Crippen molar-refractivity contribution in [1.82, 2.24) is 0 Å². The number of rotatable bonds is 4. The predicted molar refractivity (Wildman–Crippen MR) is 57.7 cm³/mol. The van der Waals surface area contributed by atoms with Crippen molar-refractivity contribution in [2.45, 2.75) is 11.8 Å². The molecule has 6 heteroatoms. The molecule has 0 saturated carbocycles. The Morgan fingerprint density at radius 3 is 2.38 bits per heavy atom. The van der Waals surface area contributed by atoms with E-state index in [1.165, 1.54) is 24.3 Å². The van der Waals surface area contributed by atoms with E-state index in [9.17, 15) is 8.42 Å². The minimum absolute atomic E-state index is 0. The molecule has 0 fully saturated rings. The van der Waals surface area contributed by atoms with Gasteiger partial charge in [0.1, 0.15) is 12.4 Å². The van der Waals surface area contributed by atoms with Crippen LogP contribution in [0.5, 0.6) is 5.75 Å². The fourth-order valence-corrected chi connectivity index (χ4v) is 1.43. The smallest absolute Gasteiger partial charge is 1.00 e. The molecule has 0 unspecified atom stereocenters. The summed E-state index contributed by atoms with van der Waals surface area (Å²) in [6.45, 7) is 2.31. The second-order valence-electron chi connectivity index (χ2n) is 2.83. The zero-order valence-corrected chi connectivity index (χ0v) is 12.1. The summed E-state index contributed by atoms with van der Waals surface area (Å²) in [7, 11) is -4.11. The Bertz CT molecular complexity index is 442. The van der Waals surface area contributed by atoms with Crippen LogP contribution < -0.4 is 34.3 Å². The Morgan fingerprint density at radius 2 is 1.94 bits per heavy atom. The average Bonchev–Trinajstić information content (AvgIpc) is 2.18. The molecule has 0 aliphatic heterocycles. The van der Waals surface area contributed by atoms with Crippen molar-refractivity contribution in [1.29, 1.82) is 0 Å². The van der Waals surface area contributed by atoms with Gasteiger partial charge in [0.2, 0.25) is 0 Å². The van der Waals surface area contributed by atoms with Crippen LogP contribution in [-0.4, -0.2) is 19.6 Å². The average molecular weight is 252 g/mol. The third kappa shape index (κ3) is 5.14. The molecule has 1 N–H and O–H groups in total. The van der Waals surface area contributed by atoms with Gasteiger partial charge in [0.15, 0.2) is 0 Å². The van der Waals surface area contributed by atoms with Crippen molar-refractivity contribution in [2.75, 3.05) is 6.61 Å². The SMILES string of the molecule is C/C=C/COc1ccc(S(=O)(=O)O)cc1.[H-].[Na+]. The van der Waals surface area contributed by atoms with Crippen molar-refractivity contribution in [3.8, 4) is 5.75 Å². The van der Waals surface area contributed by atoms with Crippen molar-refractivity contribution < 1.29 is 48.7 Å². The standard InChI is InChI=1S/C10H12O4S.Na.H/c1-2-3-8-14-9-4-6-10(7-5-9)15(11,12)13;;/h2-7H,8H2,1H3,(H,11,12,13);;/q;+1;-1/b3-2+;;. The quantitative estimate of drug-likeness (QED) is 0.424. The first kappa shape index (κ1) is 15.7. The van der Waals surface area contributed by atoms with Gasteiger partial charge in [-0.1, -0.05) is 12.2 Å². The fraction of sp³-hybridized carbons (Fsp3) is 0.200. The fourth-order valence-electron chi connectivity index (χ4n) is 0.948. The molecule has 0 atom stereocenters. The molecule has 1 rings (SSSR count). The van der Waals surface area contributed by atoms with Crippen molar-refractivity contribution in [3.05, 3.63) is 36.4 Å². The van der Waals surface area contributed by atoms with Crippen LogP contribution in [0.3, 0.4) is 0 Å². The molecule has 0 aromatic heterocycles. The largest absolute Gasteiger partial charge is 1.00 e. The van der Waals surface area contributed by atoms with E-state index in [0.29, 0.717) is 12.4 Å². The minimum Gasteiger partial charge on any atom is -1.00 e. The van der Waals surface area contributed by atoms with E-state index in [1.54, 1.807) is 0 Å². The number of ether oxygens (including phenoxy) is 1. The maximum Gasteiger partial charge on any atom is 1.00 e. The summed E-state index contributed by atoms with van der Waals surface area (Å²) in [6, 6.07) is 5.57. The second kappa shape index (κ2) is 7.09. The van der Waals surface area contributed by atoms with E-state index in [-0.39, 0.29) is 35.9 Å². The Kier molecular flexibility index (Phi) is 6.94. The molecular formula is C10H13NaO4S. The predicted octanol–water partition coefficient (Wildman–Crippen LogP) is -0.995. The minimum atomic E-state index is -4.11. The van der Waals surface area contributed by atoms with Crippen molar-refractivity contribution >= 4 is 10.1 Å². The molecule has 0 bridgehead atoms. The van der Waals surface area contributed by atoms with Gasteiger partial charge >= 0.3 is 29.6 Å². The molecule has 4 nitrogen and oxygen atoms in total. The molecule has 0 spiro atoms. The summed E-state index contributed by atoms with van der Waals surface area (Å²) in [5, 5.41) is 0. The normalized spacial score (nSPS) is 11.1. The van der Waals surface area contributed by atoms with E-state index in [1.807, 2.05) is 19.1 Å². The molecule has 1 aromatic rings. The Labute approximate surface area is 119 Å². The number of allylic oxidation sites excluding steroid dienone is 1. The van der Waals surface area contributed by atoms with Gasteiger partial charge in [-0.25, -0.2) is 0 Å². The van der Waals surface area contributed by atoms with Gasteiger partial charge in [-0.15, -0.1) is 0 Å². The molecule has 0 saturated heterocycles. The van der Waals surface area contributed by atoms with E-state index in [2.05, 4.69) is 0 Å². The topological polar surface area (TPSA) is 63.6 Å². The summed E-state index contributed by atoms with van der Waals surface area (Å²) in [6.07, 6.45) is 3.68. The summed E-state index contributed by atoms with van der Waals surface area (Å²) in [4.78, 5) is -0.138. The molecule has 16 heavy (non-hydrogen) atoms. The maximum atomic E-state index is 10.7. The zero-order valence-electron chi connectivity index (χ0n) is 10.3. The van der Waals surface area contributed by atoms with E-state index in [0.717, 1.165) is 0 Å². The summed E-state index contributed by atoms with van der Waals surface area (Å²) in [5.74, 6) is 0.556. The monoisotopic (exact) mass is 252 g/mol. The third-order valence-corrected chi connectivity index (χ3v) is 2.57. The number of benzene rings is 1. The second-order valence-corrected chi connectivity index (χ2v) is 4.25. The Hall–Kier alpha value is -0.330. The van der Waals surface area contributed by atoms with Gasteiger partial charge in [-0.05, 0) is 31.2 Å². The first-order valence-electron chi connectivity index (χ1n) is 4.35. The van der Waals surface area contributed by atoms with Crippen LogP contribution in [0.15, 0.2) is 41.3 Å². The molecule has 84 valence electrons. The van der Waals surface area contributed by atoms with Crippen LogP contribution in [0.25, 0.3) is 0 Å². The summed E-state index contributed by atoms with van der Waals surface area (Å²) < 4.78 is 35.4. The van der Waals surface area contributed by atoms with E-state index < -0.39 is 10.1 Å². The van der Waals surface area contributed by atoms with Gasteiger partial charge < -0.3 is 6.16 Å². The van der Waals surface area contributed by atoms with Gasteiger partial charge in [-0.3, -0.25) is 4.55 Å². The molecule has 0 aliphatic carbocycles. The van der Waals surface area contributed by atoms with Crippen LogP contribution in [-0.2, 0) is 10.1 Å². The van der Waals surface area contributed by atoms with E-state index >= 15 is 0 Å². The van der Waals surface area contributed by atoms with Crippen LogP contribution >= 0.6 is 0 Å². The van der Waals surface area contributed by atoms with Gasteiger partial charge in [-0.2, -0.15) is 8.42 Å². The van der Waals surface area contributed by atoms with Gasteiger partial charge in [0.05, 0.1) is 4.90 Å². The number of hydrogen-bond acceptors (Lipinski definition) is 3. The van der Waals surface area contributed by atoms with Crippen LogP contribution in [0.2, 0.25) is 0 Å². The first-order valence-corrected chi connectivity index (χ1v) is 5.79. The van der Waals surface area contributed by atoms with Gasteiger partial charge in [0.25, 0.3) is 10.1 Å². The number of hydrogen-bond donors (Lipinski definition) is 1. The van der Waals surface area contributed by atoms with Crippen LogP contribution in [0.4, 0.5) is 0 Å². The molecule has 0 heterocycles. The van der Waals surface area contributed by atoms with Crippen LogP contribution in [0.1, 0.15) is 8.35 Å². The molecular weight excluding hydrogens is 239 g/mol. The molecule has 0 amide bonds. The van der Waals surface area contributed by atoms with Gasteiger partial charge in [0, 0.05) is 0 Å². The maximum absolute atomic E-state index is 10.7. The Morgan fingerprint density at radius 1 is 1.38 bits per heavy atom. The summed E-state index contributed by atoms with van der Waals surface area (Å²) >= 11 is 0. The van der Waals surface area contributed by atoms with E-state index in [4.69, 9.17) is 9.29 Å². The van der Waals surface area contributed by atoms with Crippen molar-refractivity contribution in [2.24, 2.45) is 0 Å².